The van der Waals surface area contributed by atoms with Crippen LogP contribution in [0.4, 0.5) is 5.82 Å². The molecule has 0 aliphatic heterocycles. The first kappa shape index (κ1) is 15.9. The number of hydrogen-bond donors (Lipinski definition) is 2. The molecule has 0 aliphatic rings. The first-order valence-electron chi connectivity index (χ1n) is 7.78. The van der Waals surface area contributed by atoms with Crippen LogP contribution in [-0.4, -0.2) is 15.0 Å². The maximum absolute atomic E-state index is 6.39. The summed E-state index contributed by atoms with van der Waals surface area (Å²) in [5.74, 6) is 0.781. The number of fused-ring (bicyclic) bond motifs is 1. The quantitative estimate of drug-likeness (QED) is 0.496. The van der Waals surface area contributed by atoms with E-state index in [2.05, 4.69) is 15.3 Å². The Bertz CT molecular complexity index is 1030. The molecule has 0 amide bonds. The van der Waals surface area contributed by atoms with Gasteiger partial charge in [-0.3, -0.25) is 0 Å². The number of halogens is 2. The lowest BCUT2D eigenvalue weighted by molar-refractivity contribution is 1.11. The highest BCUT2D eigenvalue weighted by atomic mass is 35.5. The number of benzene rings is 1. The summed E-state index contributed by atoms with van der Waals surface area (Å²) in [7, 11) is 0. The van der Waals surface area contributed by atoms with Crippen LogP contribution in [0, 0.1) is 0 Å². The molecule has 6 heteroatoms. The van der Waals surface area contributed by atoms with E-state index in [0.717, 1.165) is 38.7 Å². The second-order valence-corrected chi connectivity index (χ2v) is 6.45. The Morgan fingerprint density at radius 1 is 1.00 bits per heavy atom. The van der Waals surface area contributed by atoms with Gasteiger partial charge in [0, 0.05) is 34.9 Å². The summed E-state index contributed by atoms with van der Waals surface area (Å²) in [6.45, 7) is 0.664. The Morgan fingerprint density at radius 3 is 2.68 bits per heavy atom. The van der Waals surface area contributed by atoms with E-state index in [1.807, 2.05) is 54.7 Å². The number of rotatable bonds is 4. The third kappa shape index (κ3) is 3.31. The molecule has 0 radical (unpaired) electrons. The van der Waals surface area contributed by atoms with Gasteiger partial charge in [0.25, 0.3) is 0 Å². The fraction of sp³-hybridized carbons (Fsp3) is 0.0526. The number of H-pyrrole nitrogens is 1. The molecule has 4 nitrogen and oxygen atoms in total. The molecule has 0 saturated carbocycles. The van der Waals surface area contributed by atoms with Crippen molar-refractivity contribution in [3.8, 4) is 11.3 Å². The van der Waals surface area contributed by atoms with Crippen molar-refractivity contribution in [1.29, 1.82) is 0 Å². The molecular formula is C19H14Cl2N4. The molecular weight excluding hydrogens is 355 g/mol. The van der Waals surface area contributed by atoms with Gasteiger partial charge in [0.05, 0.1) is 10.7 Å². The zero-order valence-electron chi connectivity index (χ0n) is 13.1. The van der Waals surface area contributed by atoms with Crippen molar-refractivity contribution < 1.29 is 0 Å². The molecule has 124 valence electrons. The average molecular weight is 369 g/mol. The number of hydrogen-bond acceptors (Lipinski definition) is 3. The number of nitrogens with zero attached hydrogens (tertiary/aromatic N) is 2. The third-order valence-electron chi connectivity index (χ3n) is 3.93. The van der Waals surface area contributed by atoms with Crippen LogP contribution in [0.25, 0.3) is 22.3 Å². The van der Waals surface area contributed by atoms with Crippen molar-refractivity contribution in [2.45, 2.75) is 6.54 Å². The zero-order valence-corrected chi connectivity index (χ0v) is 14.6. The van der Waals surface area contributed by atoms with Crippen LogP contribution in [-0.2, 0) is 6.54 Å². The van der Waals surface area contributed by atoms with E-state index in [9.17, 15) is 0 Å². The fourth-order valence-corrected chi connectivity index (χ4v) is 3.08. The normalized spacial score (nSPS) is 11.0. The molecule has 3 heterocycles. The Labute approximate surface area is 154 Å². The molecule has 4 rings (SSSR count). The highest BCUT2D eigenvalue weighted by Crippen LogP contribution is 2.33. The zero-order chi connectivity index (χ0) is 17.2. The van der Waals surface area contributed by atoms with Crippen molar-refractivity contribution in [3.63, 3.8) is 0 Å². The maximum Gasteiger partial charge on any atom is 0.138 e. The van der Waals surface area contributed by atoms with Crippen LogP contribution < -0.4 is 5.32 Å². The van der Waals surface area contributed by atoms with Gasteiger partial charge in [-0.15, -0.1) is 0 Å². The van der Waals surface area contributed by atoms with Crippen LogP contribution in [0.2, 0.25) is 10.0 Å². The van der Waals surface area contributed by atoms with Crippen molar-refractivity contribution in [1.82, 2.24) is 15.0 Å². The summed E-state index contributed by atoms with van der Waals surface area (Å²) in [4.78, 5) is 12.1. The fourth-order valence-electron chi connectivity index (χ4n) is 2.71. The molecule has 0 atom stereocenters. The number of nitrogens with one attached hydrogen (secondary N) is 2. The molecule has 0 saturated heterocycles. The first-order chi connectivity index (χ1) is 12.2. The van der Waals surface area contributed by atoms with E-state index in [0.29, 0.717) is 11.6 Å². The van der Waals surface area contributed by atoms with Gasteiger partial charge in [0.1, 0.15) is 11.5 Å². The summed E-state index contributed by atoms with van der Waals surface area (Å²) in [6, 6.07) is 15.5. The van der Waals surface area contributed by atoms with Crippen LogP contribution in [0.1, 0.15) is 5.56 Å². The van der Waals surface area contributed by atoms with E-state index < -0.39 is 0 Å². The lowest BCUT2D eigenvalue weighted by atomic mass is 10.1. The van der Waals surface area contributed by atoms with Gasteiger partial charge >= 0.3 is 0 Å². The van der Waals surface area contributed by atoms with Crippen molar-refractivity contribution in [2.24, 2.45) is 0 Å². The van der Waals surface area contributed by atoms with Crippen molar-refractivity contribution >= 4 is 40.1 Å². The van der Waals surface area contributed by atoms with Crippen molar-refractivity contribution in [3.05, 3.63) is 76.5 Å². The highest BCUT2D eigenvalue weighted by molar-refractivity contribution is 6.34. The van der Waals surface area contributed by atoms with Crippen LogP contribution in [0.5, 0.6) is 0 Å². The van der Waals surface area contributed by atoms with Gasteiger partial charge < -0.3 is 10.3 Å². The maximum atomic E-state index is 6.39. The lowest BCUT2D eigenvalue weighted by Gasteiger charge is -2.09. The molecule has 0 aliphatic carbocycles. The average Bonchev–Trinajstić information content (AvgIpc) is 3.10. The summed E-state index contributed by atoms with van der Waals surface area (Å²) < 4.78 is 0. The number of pyridine rings is 2. The minimum Gasteiger partial charge on any atom is -0.366 e. The van der Waals surface area contributed by atoms with Gasteiger partial charge in [-0.05, 0) is 35.9 Å². The lowest BCUT2D eigenvalue weighted by Crippen LogP contribution is -2.01. The SMILES string of the molecule is Clc1ccc(CNc2cccc(-c3c(Cl)cnc4[nH]ccc34)n2)cc1. The van der Waals surface area contributed by atoms with E-state index in [1.165, 1.54) is 0 Å². The summed E-state index contributed by atoms with van der Waals surface area (Å²) >= 11 is 12.3. The Hall–Kier alpha value is -2.56. The topological polar surface area (TPSA) is 53.6 Å². The van der Waals surface area contributed by atoms with Crippen LogP contribution in [0.3, 0.4) is 0 Å². The molecule has 25 heavy (non-hydrogen) atoms. The number of aromatic nitrogens is 3. The number of anilines is 1. The smallest absolute Gasteiger partial charge is 0.138 e. The van der Waals surface area contributed by atoms with Gasteiger partial charge in [-0.2, -0.15) is 0 Å². The van der Waals surface area contributed by atoms with E-state index in [1.54, 1.807) is 6.20 Å². The van der Waals surface area contributed by atoms with E-state index >= 15 is 0 Å². The van der Waals surface area contributed by atoms with E-state index in [4.69, 9.17) is 28.2 Å². The predicted molar refractivity (Wildman–Crippen MR) is 103 cm³/mol. The second-order valence-electron chi connectivity index (χ2n) is 5.61. The summed E-state index contributed by atoms with van der Waals surface area (Å²) in [5, 5.41) is 5.59. The summed E-state index contributed by atoms with van der Waals surface area (Å²) in [5.41, 5.74) is 3.61. The predicted octanol–water partition coefficient (Wildman–Crippen LogP) is 5.54. The molecule has 0 bridgehead atoms. The van der Waals surface area contributed by atoms with Crippen molar-refractivity contribution in [2.75, 3.05) is 5.32 Å². The summed E-state index contributed by atoms with van der Waals surface area (Å²) in [6.07, 6.45) is 3.49. The Balaban J connectivity index is 1.64. The first-order valence-corrected chi connectivity index (χ1v) is 8.53. The van der Waals surface area contributed by atoms with Gasteiger partial charge in [0.15, 0.2) is 0 Å². The number of aromatic amines is 1. The standard InChI is InChI=1S/C19H14Cl2N4/c20-13-6-4-12(5-7-13)10-23-17-3-1-2-16(25-17)18-14-8-9-22-19(14)24-11-15(18)21/h1-9,11H,10H2,(H,22,24)(H,23,25). The van der Waals surface area contributed by atoms with Crippen LogP contribution in [0.15, 0.2) is 60.9 Å². The molecule has 4 aromatic rings. The minimum absolute atomic E-state index is 0.578. The Kier molecular flexibility index (Phi) is 4.30. The minimum atomic E-state index is 0.578. The highest BCUT2D eigenvalue weighted by Gasteiger charge is 2.12. The van der Waals surface area contributed by atoms with Gasteiger partial charge in [-0.25, -0.2) is 9.97 Å². The van der Waals surface area contributed by atoms with E-state index in [-0.39, 0.29) is 0 Å². The van der Waals surface area contributed by atoms with Crippen LogP contribution >= 0.6 is 23.2 Å². The van der Waals surface area contributed by atoms with Gasteiger partial charge in [-0.1, -0.05) is 41.4 Å². The molecule has 3 aromatic heterocycles. The molecule has 0 fully saturated rings. The van der Waals surface area contributed by atoms with Gasteiger partial charge in [0.2, 0.25) is 0 Å². The second kappa shape index (κ2) is 6.75. The molecule has 0 spiro atoms. The molecule has 2 N–H and O–H groups in total. The largest absolute Gasteiger partial charge is 0.366 e. The monoisotopic (exact) mass is 368 g/mol. The Morgan fingerprint density at radius 2 is 1.84 bits per heavy atom. The molecule has 1 aromatic carbocycles. The molecule has 0 unspecified atom stereocenters. The third-order valence-corrected chi connectivity index (χ3v) is 4.47.